The van der Waals surface area contributed by atoms with E-state index < -0.39 is 0 Å². The third-order valence-corrected chi connectivity index (χ3v) is 3.16. The normalized spacial score (nSPS) is 26.8. The van der Waals surface area contributed by atoms with Crippen molar-refractivity contribution in [1.82, 2.24) is 15.5 Å². The average Bonchev–Trinajstić information content (AvgIpc) is 2.18. The number of piperazine rings is 1. The summed E-state index contributed by atoms with van der Waals surface area (Å²) in [6.07, 6.45) is 0. The summed E-state index contributed by atoms with van der Waals surface area (Å²) in [5, 5.41) is 6.74. The van der Waals surface area contributed by atoms with Gasteiger partial charge in [0.15, 0.2) is 0 Å². The highest BCUT2D eigenvalue weighted by molar-refractivity contribution is 4.85. The van der Waals surface area contributed by atoms with Gasteiger partial charge in [0.2, 0.25) is 0 Å². The van der Waals surface area contributed by atoms with Crippen molar-refractivity contribution in [3.63, 3.8) is 0 Å². The summed E-state index contributed by atoms with van der Waals surface area (Å²) >= 11 is 0. The van der Waals surface area contributed by atoms with Crippen LogP contribution in [0.1, 0.15) is 20.8 Å². The van der Waals surface area contributed by atoms with Crippen LogP contribution in [-0.2, 0) is 0 Å². The fraction of sp³-hybridized carbons (Fsp3) is 1.00. The summed E-state index contributed by atoms with van der Waals surface area (Å²) in [6.45, 7) is 11.5. The van der Waals surface area contributed by atoms with Gasteiger partial charge in [-0.3, -0.25) is 4.90 Å². The van der Waals surface area contributed by atoms with Crippen LogP contribution in [0.4, 0.5) is 0 Å². The van der Waals surface area contributed by atoms with Crippen LogP contribution in [0.25, 0.3) is 0 Å². The van der Waals surface area contributed by atoms with Gasteiger partial charge >= 0.3 is 0 Å². The molecule has 0 radical (unpaired) electrons. The van der Waals surface area contributed by atoms with Crippen LogP contribution in [-0.4, -0.2) is 50.2 Å². The topological polar surface area (TPSA) is 27.3 Å². The molecule has 1 heterocycles. The Hall–Kier alpha value is -0.120. The van der Waals surface area contributed by atoms with Crippen LogP contribution in [0.5, 0.6) is 0 Å². The fourth-order valence-electron chi connectivity index (χ4n) is 2.32. The molecule has 1 fully saturated rings. The number of rotatable bonds is 4. The number of nitrogens with one attached hydrogen (secondary N) is 2. The van der Waals surface area contributed by atoms with Crippen LogP contribution in [0.15, 0.2) is 0 Å². The van der Waals surface area contributed by atoms with E-state index >= 15 is 0 Å². The summed E-state index contributed by atoms with van der Waals surface area (Å²) in [5.41, 5.74) is 0. The van der Waals surface area contributed by atoms with E-state index in [0.717, 1.165) is 25.6 Å². The van der Waals surface area contributed by atoms with E-state index in [1.165, 1.54) is 6.54 Å². The van der Waals surface area contributed by atoms with Gasteiger partial charge in [0.1, 0.15) is 0 Å². The molecule has 1 aliphatic heterocycles. The first-order chi connectivity index (χ1) is 6.66. The molecule has 0 amide bonds. The van der Waals surface area contributed by atoms with Crippen LogP contribution < -0.4 is 10.6 Å². The van der Waals surface area contributed by atoms with Gasteiger partial charge < -0.3 is 10.6 Å². The quantitative estimate of drug-likeness (QED) is 0.691. The maximum absolute atomic E-state index is 3.48. The first-order valence-electron chi connectivity index (χ1n) is 5.78. The molecular formula is C11H25N3. The van der Waals surface area contributed by atoms with Crippen LogP contribution in [0, 0.1) is 5.92 Å². The second-order valence-electron chi connectivity index (χ2n) is 4.66. The first-order valence-corrected chi connectivity index (χ1v) is 5.78. The van der Waals surface area contributed by atoms with Gasteiger partial charge in [0.05, 0.1) is 0 Å². The molecule has 3 nitrogen and oxygen atoms in total. The van der Waals surface area contributed by atoms with E-state index in [0.29, 0.717) is 12.1 Å². The predicted octanol–water partition coefficient (Wildman–Crippen LogP) is 0.524. The van der Waals surface area contributed by atoms with E-state index in [-0.39, 0.29) is 0 Å². The molecule has 2 atom stereocenters. The Morgan fingerprint density at radius 3 is 2.71 bits per heavy atom. The van der Waals surface area contributed by atoms with Gasteiger partial charge in [0.25, 0.3) is 0 Å². The highest BCUT2D eigenvalue weighted by atomic mass is 15.2. The molecule has 14 heavy (non-hydrogen) atoms. The maximum Gasteiger partial charge on any atom is 0.0247 e. The molecule has 0 aromatic carbocycles. The lowest BCUT2D eigenvalue weighted by Crippen LogP contribution is -2.58. The highest BCUT2D eigenvalue weighted by Gasteiger charge is 2.27. The van der Waals surface area contributed by atoms with Crippen molar-refractivity contribution in [3.05, 3.63) is 0 Å². The number of hydrogen-bond donors (Lipinski definition) is 2. The van der Waals surface area contributed by atoms with Crippen LogP contribution >= 0.6 is 0 Å². The Bertz CT molecular complexity index is 159. The SMILES string of the molecule is CNCC(C)N1CCNCC1C(C)C. The molecule has 1 saturated heterocycles. The smallest absolute Gasteiger partial charge is 0.0247 e. The van der Waals surface area contributed by atoms with Crippen LogP contribution in [0.3, 0.4) is 0 Å². The lowest BCUT2D eigenvalue weighted by atomic mass is 9.99. The lowest BCUT2D eigenvalue weighted by molar-refractivity contribution is 0.0849. The van der Waals surface area contributed by atoms with Gasteiger partial charge in [-0.1, -0.05) is 13.8 Å². The molecule has 1 aliphatic rings. The Morgan fingerprint density at radius 2 is 2.14 bits per heavy atom. The third kappa shape index (κ3) is 2.94. The number of nitrogens with zero attached hydrogens (tertiary/aromatic N) is 1. The van der Waals surface area contributed by atoms with Crippen molar-refractivity contribution >= 4 is 0 Å². The minimum atomic E-state index is 0.648. The summed E-state index contributed by atoms with van der Waals surface area (Å²) in [4.78, 5) is 2.64. The molecule has 2 N–H and O–H groups in total. The standard InChI is InChI=1S/C11H25N3/c1-9(2)11-8-13-5-6-14(11)10(3)7-12-4/h9-13H,5-8H2,1-4H3. The third-order valence-electron chi connectivity index (χ3n) is 3.16. The fourth-order valence-corrected chi connectivity index (χ4v) is 2.32. The average molecular weight is 199 g/mol. The second kappa shape index (κ2) is 5.69. The van der Waals surface area contributed by atoms with Crippen molar-refractivity contribution in [1.29, 1.82) is 0 Å². The zero-order valence-electron chi connectivity index (χ0n) is 10.0. The first kappa shape index (κ1) is 12.0. The predicted molar refractivity (Wildman–Crippen MR) is 61.6 cm³/mol. The van der Waals surface area contributed by atoms with E-state index in [4.69, 9.17) is 0 Å². The molecule has 84 valence electrons. The van der Waals surface area contributed by atoms with Gasteiger partial charge in [-0.15, -0.1) is 0 Å². The monoisotopic (exact) mass is 199 g/mol. The molecule has 0 aromatic heterocycles. The molecule has 0 bridgehead atoms. The summed E-state index contributed by atoms with van der Waals surface area (Å²) < 4.78 is 0. The van der Waals surface area contributed by atoms with Crippen LogP contribution in [0.2, 0.25) is 0 Å². The summed E-state index contributed by atoms with van der Waals surface area (Å²) in [7, 11) is 2.03. The van der Waals surface area contributed by atoms with E-state index in [1.54, 1.807) is 0 Å². The summed E-state index contributed by atoms with van der Waals surface area (Å²) in [5.74, 6) is 0.738. The molecule has 0 saturated carbocycles. The molecule has 2 unspecified atom stereocenters. The van der Waals surface area contributed by atoms with Crippen molar-refractivity contribution in [2.75, 3.05) is 33.2 Å². The molecule has 0 spiro atoms. The Labute approximate surface area is 88.2 Å². The van der Waals surface area contributed by atoms with Crippen molar-refractivity contribution in [3.8, 4) is 0 Å². The molecule has 3 heteroatoms. The highest BCUT2D eigenvalue weighted by Crippen LogP contribution is 2.15. The second-order valence-corrected chi connectivity index (χ2v) is 4.66. The Morgan fingerprint density at radius 1 is 1.43 bits per heavy atom. The zero-order valence-corrected chi connectivity index (χ0v) is 10.0. The Balaban J connectivity index is 2.53. The van der Waals surface area contributed by atoms with Gasteiger partial charge in [0, 0.05) is 38.3 Å². The van der Waals surface area contributed by atoms with E-state index in [1.807, 2.05) is 7.05 Å². The lowest BCUT2D eigenvalue weighted by Gasteiger charge is -2.42. The van der Waals surface area contributed by atoms with Crippen molar-refractivity contribution < 1.29 is 0 Å². The minimum absolute atomic E-state index is 0.648. The van der Waals surface area contributed by atoms with E-state index in [9.17, 15) is 0 Å². The largest absolute Gasteiger partial charge is 0.318 e. The number of hydrogen-bond acceptors (Lipinski definition) is 3. The van der Waals surface area contributed by atoms with Gasteiger partial charge in [-0.2, -0.15) is 0 Å². The zero-order chi connectivity index (χ0) is 10.6. The molecule has 1 rings (SSSR count). The van der Waals surface area contributed by atoms with Crippen molar-refractivity contribution in [2.45, 2.75) is 32.9 Å². The maximum atomic E-state index is 3.48. The molecular weight excluding hydrogens is 174 g/mol. The molecule has 0 aliphatic carbocycles. The van der Waals surface area contributed by atoms with Crippen molar-refractivity contribution in [2.24, 2.45) is 5.92 Å². The van der Waals surface area contributed by atoms with Gasteiger partial charge in [-0.05, 0) is 19.9 Å². The summed E-state index contributed by atoms with van der Waals surface area (Å²) in [6, 6.07) is 1.35. The minimum Gasteiger partial charge on any atom is -0.318 e. The van der Waals surface area contributed by atoms with Gasteiger partial charge in [-0.25, -0.2) is 0 Å². The molecule has 0 aromatic rings. The Kier molecular flexibility index (Phi) is 4.85. The van der Waals surface area contributed by atoms with E-state index in [2.05, 4.69) is 36.3 Å². The number of likely N-dealkylation sites (N-methyl/N-ethyl adjacent to an activating group) is 1.